The van der Waals surface area contributed by atoms with Gasteiger partial charge in [0.15, 0.2) is 0 Å². The number of aliphatic hydroxyl groups excluding tert-OH is 1. The molecule has 19 heavy (non-hydrogen) atoms. The van der Waals surface area contributed by atoms with E-state index >= 15 is 0 Å². The van der Waals surface area contributed by atoms with Gasteiger partial charge in [-0.3, -0.25) is 4.40 Å². The van der Waals surface area contributed by atoms with Crippen molar-refractivity contribution in [1.29, 1.82) is 0 Å². The molecule has 2 heterocycles. The van der Waals surface area contributed by atoms with Crippen LogP contribution in [0.1, 0.15) is 37.8 Å². The molecular formula is C15H17BrN2O. The lowest BCUT2D eigenvalue weighted by molar-refractivity contribution is 0.410. The summed E-state index contributed by atoms with van der Waals surface area (Å²) in [4.78, 5) is 4.14. The summed E-state index contributed by atoms with van der Waals surface area (Å²) in [5, 5.41) is 10.5. The molecule has 100 valence electrons. The molecule has 0 atom stereocenters. The lowest BCUT2D eigenvalue weighted by Crippen LogP contribution is -2.05. The summed E-state index contributed by atoms with van der Waals surface area (Å²) < 4.78 is 2.81. The Labute approximate surface area is 121 Å². The summed E-state index contributed by atoms with van der Waals surface area (Å²) in [6.45, 7) is 0. The molecule has 1 aliphatic carbocycles. The maximum Gasteiger partial charge on any atom is 0.137 e. The molecule has 0 amide bonds. The standard InChI is InChI=1S/C15H17BrN2O/c16-13-7-6-12-9-17-10-18(12)15(13)14(19)8-11-4-2-1-3-5-11/h6-11,19H,1-5H2/b14-8-. The largest absolute Gasteiger partial charge is 0.506 e. The molecule has 4 heteroatoms. The second-order valence-electron chi connectivity index (χ2n) is 5.17. The zero-order chi connectivity index (χ0) is 13.2. The minimum Gasteiger partial charge on any atom is -0.506 e. The first kappa shape index (κ1) is 12.7. The third-order valence-electron chi connectivity index (χ3n) is 3.82. The molecule has 0 unspecified atom stereocenters. The molecule has 1 saturated carbocycles. The van der Waals surface area contributed by atoms with Crippen LogP contribution in [0.25, 0.3) is 11.3 Å². The molecule has 2 aromatic heterocycles. The number of imidazole rings is 1. The summed E-state index contributed by atoms with van der Waals surface area (Å²) in [6, 6.07) is 3.94. The van der Waals surface area contributed by atoms with Gasteiger partial charge in [0.1, 0.15) is 11.5 Å². The Morgan fingerprint density at radius 2 is 2.11 bits per heavy atom. The topological polar surface area (TPSA) is 37.5 Å². The Morgan fingerprint density at radius 3 is 2.89 bits per heavy atom. The van der Waals surface area contributed by atoms with Gasteiger partial charge in [-0.2, -0.15) is 0 Å². The number of aliphatic hydroxyl groups is 1. The summed E-state index contributed by atoms with van der Waals surface area (Å²) in [7, 11) is 0. The minimum atomic E-state index is 0.349. The van der Waals surface area contributed by atoms with Gasteiger partial charge in [0.2, 0.25) is 0 Å². The smallest absolute Gasteiger partial charge is 0.137 e. The highest BCUT2D eigenvalue weighted by molar-refractivity contribution is 9.10. The van der Waals surface area contributed by atoms with Crippen LogP contribution < -0.4 is 0 Å². The fourth-order valence-corrected chi connectivity index (χ4v) is 3.34. The van der Waals surface area contributed by atoms with Crippen LogP contribution in [-0.2, 0) is 0 Å². The second kappa shape index (κ2) is 5.37. The number of aromatic nitrogens is 2. The first-order chi connectivity index (χ1) is 9.25. The first-order valence-electron chi connectivity index (χ1n) is 6.77. The van der Waals surface area contributed by atoms with Gasteiger partial charge in [0.05, 0.1) is 18.0 Å². The quantitative estimate of drug-likeness (QED) is 0.822. The maximum atomic E-state index is 10.5. The van der Waals surface area contributed by atoms with Crippen LogP contribution in [-0.4, -0.2) is 14.5 Å². The predicted molar refractivity (Wildman–Crippen MR) is 80.1 cm³/mol. The third-order valence-corrected chi connectivity index (χ3v) is 4.46. The van der Waals surface area contributed by atoms with Crippen LogP contribution in [0.2, 0.25) is 0 Å². The van der Waals surface area contributed by atoms with E-state index in [0.717, 1.165) is 15.7 Å². The van der Waals surface area contributed by atoms with Gasteiger partial charge >= 0.3 is 0 Å². The Kier molecular flexibility index (Phi) is 3.60. The number of rotatable bonds is 2. The fourth-order valence-electron chi connectivity index (χ4n) is 2.82. The Hall–Kier alpha value is -1.29. The SMILES string of the molecule is O/C(=C\C1CCCCC1)c1c(Br)ccc2cncn12. The van der Waals surface area contributed by atoms with Gasteiger partial charge in [0.25, 0.3) is 0 Å². The van der Waals surface area contributed by atoms with Crippen molar-refractivity contribution in [2.24, 2.45) is 5.92 Å². The highest BCUT2D eigenvalue weighted by Gasteiger charge is 2.15. The van der Waals surface area contributed by atoms with Crippen LogP contribution in [0.4, 0.5) is 0 Å². The molecule has 1 N–H and O–H groups in total. The third kappa shape index (κ3) is 2.54. The van der Waals surface area contributed by atoms with Crippen LogP contribution in [0.3, 0.4) is 0 Å². The van der Waals surface area contributed by atoms with E-state index in [4.69, 9.17) is 0 Å². The molecular weight excluding hydrogens is 304 g/mol. The molecule has 0 saturated heterocycles. The van der Waals surface area contributed by atoms with Crippen molar-refractivity contribution in [3.63, 3.8) is 0 Å². The van der Waals surface area contributed by atoms with Gasteiger partial charge < -0.3 is 5.11 Å². The van der Waals surface area contributed by atoms with Crippen molar-refractivity contribution in [1.82, 2.24) is 9.38 Å². The Morgan fingerprint density at radius 1 is 1.32 bits per heavy atom. The van der Waals surface area contributed by atoms with E-state index in [0.29, 0.717) is 11.7 Å². The Balaban J connectivity index is 2.00. The van der Waals surface area contributed by atoms with E-state index in [2.05, 4.69) is 20.9 Å². The van der Waals surface area contributed by atoms with Crippen LogP contribution in [0.15, 0.2) is 35.2 Å². The first-order valence-corrected chi connectivity index (χ1v) is 7.57. The normalized spacial score (nSPS) is 18.1. The van der Waals surface area contributed by atoms with Crippen LogP contribution in [0, 0.1) is 5.92 Å². The van der Waals surface area contributed by atoms with E-state index in [-0.39, 0.29) is 0 Å². The van der Waals surface area contributed by atoms with E-state index in [1.807, 2.05) is 22.6 Å². The van der Waals surface area contributed by atoms with Crippen molar-refractivity contribution in [2.75, 3.05) is 0 Å². The van der Waals surface area contributed by atoms with Crippen molar-refractivity contribution in [2.45, 2.75) is 32.1 Å². The molecule has 1 aliphatic rings. The number of nitrogens with zero attached hydrogens (tertiary/aromatic N) is 2. The Bertz CT molecular complexity index is 612. The van der Waals surface area contributed by atoms with Crippen LogP contribution in [0.5, 0.6) is 0 Å². The highest BCUT2D eigenvalue weighted by Crippen LogP contribution is 2.30. The number of allylic oxidation sites excluding steroid dienone is 1. The average molecular weight is 321 g/mol. The van der Waals surface area contributed by atoms with Crippen molar-refractivity contribution >= 4 is 27.2 Å². The number of pyridine rings is 1. The van der Waals surface area contributed by atoms with Crippen molar-refractivity contribution in [3.8, 4) is 0 Å². The van der Waals surface area contributed by atoms with Crippen molar-refractivity contribution in [3.05, 3.63) is 40.9 Å². The molecule has 0 radical (unpaired) electrons. The van der Waals surface area contributed by atoms with Gasteiger partial charge in [-0.05, 0) is 52.9 Å². The van der Waals surface area contributed by atoms with E-state index in [9.17, 15) is 5.11 Å². The average Bonchev–Trinajstić information content (AvgIpc) is 2.87. The summed E-state index contributed by atoms with van der Waals surface area (Å²) in [5.41, 5.74) is 1.78. The lowest BCUT2D eigenvalue weighted by atomic mass is 9.88. The highest BCUT2D eigenvalue weighted by atomic mass is 79.9. The maximum absolute atomic E-state index is 10.5. The number of fused-ring (bicyclic) bond motifs is 1. The van der Waals surface area contributed by atoms with Gasteiger partial charge in [-0.15, -0.1) is 0 Å². The molecule has 2 aromatic rings. The second-order valence-corrected chi connectivity index (χ2v) is 6.02. The summed E-state index contributed by atoms with van der Waals surface area (Å²) in [6.07, 6.45) is 11.8. The monoisotopic (exact) mass is 320 g/mol. The molecule has 0 aromatic carbocycles. The molecule has 1 fully saturated rings. The van der Waals surface area contributed by atoms with Gasteiger partial charge in [0, 0.05) is 4.47 Å². The van der Waals surface area contributed by atoms with Gasteiger partial charge in [-0.25, -0.2) is 4.98 Å². The number of hydrogen-bond donors (Lipinski definition) is 1. The predicted octanol–water partition coefficient (Wildman–Crippen LogP) is 4.58. The van der Waals surface area contributed by atoms with E-state index in [1.165, 1.54) is 32.1 Å². The van der Waals surface area contributed by atoms with E-state index < -0.39 is 0 Å². The van der Waals surface area contributed by atoms with E-state index in [1.54, 1.807) is 12.5 Å². The minimum absolute atomic E-state index is 0.349. The number of halogens is 1. The number of hydrogen-bond acceptors (Lipinski definition) is 2. The van der Waals surface area contributed by atoms with Gasteiger partial charge in [-0.1, -0.05) is 19.3 Å². The summed E-state index contributed by atoms with van der Waals surface area (Å²) >= 11 is 3.52. The molecule has 0 spiro atoms. The molecule has 0 aliphatic heterocycles. The molecule has 0 bridgehead atoms. The van der Waals surface area contributed by atoms with Crippen LogP contribution >= 0.6 is 15.9 Å². The lowest BCUT2D eigenvalue weighted by Gasteiger charge is -2.19. The fraction of sp³-hybridized carbons (Fsp3) is 0.400. The van der Waals surface area contributed by atoms with Crippen molar-refractivity contribution < 1.29 is 5.11 Å². The molecule has 3 rings (SSSR count). The zero-order valence-corrected chi connectivity index (χ0v) is 12.3. The zero-order valence-electron chi connectivity index (χ0n) is 10.7. The molecule has 3 nitrogen and oxygen atoms in total. The summed E-state index contributed by atoms with van der Waals surface area (Å²) in [5.74, 6) is 0.849.